The van der Waals surface area contributed by atoms with Crippen molar-refractivity contribution < 1.29 is 38.8 Å². The summed E-state index contributed by atoms with van der Waals surface area (Å²) in [5.41, 5.74) is 5.86. The normalized spacial score (nSPS) is 14.8. The maximum Gasteiger partial charge on any atom is 0.312 e. The third-order valence-corrected chi connectivity index (χ3v) is 5.83. The van der Waals surface area contributed by atoms with Crippen LogP contribution in [0, 0.1) is 0 Å². The quantitative estimate of drug-likeness (QED) is 0.187. The van der Waals surface area contributed by atoms with Crippen LogP contribution in [0.1, 0.15) is 23.5 Å². The molecule has 0 fully saturated rings. The van der Waals surface area contributed by atoms with Crippen LogP contribution in [0.4, 0.5) is 0 Å². The fraction of sp³-hybridized carbons (Fsp3) is 0.115. The first kappa shape index (κ1) is 22.8. The predicted molar refractivity (Wildman–Crippen MR) is 126 cm³/mol. The maximum absolute atomic E-state index is 13.0. The van der Waals surface area contributed by atoms with Crippen LogP contribution in [-0.4, -0.2) is 33.8 Å². The maximum atomic E-state index is 13.0. The molecule has 1 amide bonds. The summed E-state index contributed by atoms with van der Waals surface area (Å²) in [5.74, 6) is -2.60. The van der Waals surface area contributed by atoms with Gasteiger partial charge in [0.1, 0.15) is 34.0 Å². The van der Waals surface area contributed by atoms with Crippen molar-refractivity contribution >= 4 is 22.8 Å². The summed E-state index contributed by atoms with van der Waals surface area (Å²) in [6, 6.07) is 12.9. The summed E-state index contributed by atoms with van der Waals surface area (Å²) < 4.78 is 16.8. The molecule has 0 spiro atoms. The fourth-order valence-corrected chi connectivity index (χ4v) is 4.24. The smallest absolute Gasteiger partial charge is 0.312 e. The number of fused-ring (bicyclic) bond motifs is 3. The first-order valence-corrected chi connectivity index (χ1v) is 10.8. The second-order valence-corrected chi connectivity index (χ2v) is 8.25. The van der Waals surface area contributed by atoms with E-state index in [2.05, 4.69) is 0 Å². The zero-order chi connectivity index (χ0) is 25.6. The van der Waals surface area contributed by atoms with Crippen molar-refractivity contribution in [2.45, 2.75) is 12.3 Å². The summed E-state index contributed by atoms with van der Waals surface area (Å²) in [6.07, 6.45) is -0.0971. The van der Waals surface area contributed by atoms with Gasteiger partial charge in [-0.2, -0.15) is 0 Å². The molecule has 0 radical (unpaired) electrons. The molecule has 5 rings (SSSR count). The number of esters is 1. The minimum Gasteiger partial charge on any atom is -0.507 e. The van der Waals surface area contributed by atoms with Gasteiger partial charge in [0, 0.05) is 29.2 Å². The standard InChI is InChI=1S/C26H19NO9/c27-22(32)11-34-14-3-1-2-12(6-14)15-8-23(33)35-21-10-19(31)25-18(30)9-20(36-26(25)24(15)21)13-4-5-16(28)17(29)7-13/h1-7,9-10,15,28-29,31H,8,11H2,(H2,27,32)/t15-/m0/s1. The van der Waals surface area contributed by atoms with Crippen LogP contribution in [0.5, 0.6) is 28.7 Å². The number of rotatable bonds is 5. The number of ether oxygens (including phenoxy) is 2. The van der Waals surface area contributed by atoms with Gasteiger partial charge in [-0.25, -0.2) is 0 Å². The molecule has 4 aromatic rings. The zero-order valence-electron chi connectivity index (χ0n) is 18.6. The third kappa shape index (κ3) is 4.05. The lowest BCUT2D eigenvalue weighted by atomic mass is 9.85. The Bertz CT molecular complexity index is 1610. The Morgan fingerprint density at radius 3 is 2.56 bits per heavy atom. The predicted octanol–water partition coefficient (Wildman–Crippen LogP) is 2.88. The molecule has 1 atom stereocenters. The Balaban J connectivity index is 1.73. The van der Waals surface area contributed by atoms with Crippen LogP contribution in [0.2, 0.25) is 0 Å². The zero-order valence-corrected chi connectivity index (χ0v) is 18.6. The second-order valence-electron chi connectivity index (χ2n) is 8.25. The molecule has 0 unspecified atom stereocenters. The Labute approximate surface area is 202 Å². The number of benzene rings is 3. The number of hydrogen-bond acceptors (Lipinski definition) is 9. The van der Waals surface area contributed by atoms with Crippen LogP contribution < -0.4 is 20.6 Å². The van der Waals surface area contributed by atoms with Crippen molar-refractivity contribution in [3.05, 3.63) is 75.9 Å². The van der Waals surface area contributed by atoms with Gasteiger partial charge in [-0.1, -0.05) is 12.1 Å². The molecule has 2 heterocycles. The van der Waals surface area contributed by atoms with Gasteiger partial charge in [-0.3, -0.25) is 14.4 Å². The highest BCUT2D eigenvalue weighted by Crippen LogP contribution is 2.46. The molecule has 0 bridgehead atoms. The molecular formula is C26H19NO9. The average Bonchev–Trinajstić information content (AvgIpc) is 2.83. The van der Waals surface area contributed by atoms with Gasteiger partial charge in [0.25, 0.3) is 5.91 Å². The topological polar surface area (TPSA) is 170 Å². The highest BCUT2D eigenvalue weighted by atomic mass is 16.5. The Hall–Kier alpha value is -4.99. The van der Waals surface area contributed by atoms with E-state index in [-0.39, 0.29) is 41.3 Å². The van der Waals surface area contributed by atoms with Crippen LogP contribution in [0.3, 0.4) is 0 Å². The first-order valence-electron chi connectivity index (χ1n) is 10.8. The van der Waals surface area contributed by atoms with E-state index in [1.165, 1.54) is 24.3 Å². The van der Waals surface area contributed by atoms with Gasteiger partial charge in [0.05, 0.1) is 6.42 Å². The fourth-order valence-electron chi connectivity index (χ4n) is 4.24. The number of phenols is 3. The van der Waals surface area contributed by atoms with Crippen molar-refractivity contribution in [3.8, 4) is 40.1 Å². The molecular weight excluding hydrogens is 470 g/mol. The van der Waals surface area contributed by atoms with Crippen LogP contribution in [0.25, 0.3) is 22.3 Å². The molecule has 5 N–H and O–H groups in total. The van der Waals surface area contributed by atoms with Crippen molar-refractivity contribution in [1.82, 2.24) is 0 Å². The second kappa shape index (κ2) is 8.66. The third-order valence-electron chi connectivity index (χ3n) is 5.83. The van der Waals surface area contributed by atoms with Crippen LogP contribution >= 0.6 is 0 Å². The summed E-state index contributed by atoms with van der Waals surface area (Å²) >= 11 is 0. The molecule has 0 aliphatic carbocycles. The summed E-state index contributed by atoms with van der Waals surface area (Å²) in [6.45, 7) is -0.332. The average molecular weight is 489 g/mol. The number of nitrogens with two attached hydrogens (primary N) is 1. The summed E-state index contributed by atoms with van der Waals surface area (Å²) in [7, 11) is 0. The number of amides is 1. The van der Waals surface area contributed by atoms with Crippen LogP contribution in [-0.2, 0) is 9.59 Å². The van der Waals surface area contributed by atoms with E-state index >= 15 is 0 Å². The van der Waals surface area contributed by atoms with Gasteiger partial charge >= 0.3 is 5.97 Å². The van der Waals surface area contributed by atoms with Gasteiger partial charge in [0.15, 0.2) is 23.5 Å². The monoisotopic (exact) mass is 489 g/mol. The minimum absolute atomic E-state index is 0.000946. The highest BCUT2D eigenvalue weighted by Gasteiger charge is 2.34. The minimum atomic E-state index is -0.650. The number of carbonyl (C=O) groups is 2. The van der Waals surface area contributed by atoms with E-state index in [9.17, 15) is 29.7 Å². The number of carbonyl (C=O) groups excluding carboxylic acids is 2. The van der Waals surface area contributed by atoms with Gasteiger partial charge in [-0.05, 0) is 35.9 Å². The molecule has 10 heteroatoms. The van der Waals surface area contributed by atoms with Gasteiger partial charge in [0.2, 0.25) is 0 Å². The molecule has 1 aliphatic heterocycles. The first-order chi connectivity index (χ1) is 17.2. The van der Waals surface area contributed by atoms with Crippen molar-refractivity contribution in [2.75, 3.05) is 6.61 Å². The van der Waals surface area contributed by atoms with E-state index in [0.717, 1.165) is 6.07 Å². The Morgan fingerprint density at radius 1 is 1.00 bits per heavy atom. The van der Waals surface area contributed by atoms with E-state index in [1.807, 2.05) is 0 Å². The molecule has 0 saturated heterocycles. The molecule has 36 heavy (non-hydrogen) atoms. The number of primary amides is 1. The SMILES string of the molecule is NC(=O)COc1cccc([C@@H]2CC(=O)Oc3cc(O)c4c(=O)cc(-c5ccc(O)c(O)c5)oc4c32)c1. The molecule has 1 aromatic heterocycles. The summed E-state index contributed by atoms with van der Waals surface area (Å²) in [5, 5.41) is 30.0. The van der Waals surface area contributed by atoms with Gasteiger partial charge < -0.3 is 34.9 Å². The van der Waals surface area contributed by atoms with E-state index in [4.69, 9.17) is 19.6 Å². The Kier molecular flexibility index (Phi) is 5.48. The molecule has 0 saturated carbocycles. The van der Waals surface area contributed by atoms with E-state index < -0.39 is 34.7 Å². The van der Waals surface area contributed by atoms with Gasteiger partial charge in [-0.15, -0.1) is 0 Å². The largest absolute Gasteiger partial charge is 0.507 e. The van der Waals surface area contributed by atoms with Crippen LogP contribution in [0.15, 0.2) is 63.8 Å². The Morgan fingerprint density at radius 2 is 1.81 bits per heavy atom. The van der Waals surface area contributed by atoms with Crippen molar-refractivity contribution in [3.63, 3.8) is 0 Å². The molecule has 3 aromatic carbocycles. The molecule has 1 aliphatic rings. The lowest BCUT2D eigenvalue weighted by molar-refractivity contribution is -0.135. The highest BCUT2D eigenvalue weighted by molar-refractivity contribution is 5.93. The van der Waals surface area contributed by atoms with Crippen molar-refractivity contribution in [2.24, 2.45) is 5.73 Å². The molecule has 10 nitrogen and oxygen atoms in total. The number of aromatic hydroxyl groups is 3. The summed E-state index contributed by atoms with van der Waals surface area (Å²) in [4.78, 5) is 36.6. The van der Waals surface area contributed by atoms with E-state index in [1.54, 1.807) is 24.3 Å². The number of hydrogen-bond donors (Lipinski definition) is 4. The lowest BCUT2D eigenvalue weighted by Gasteiger charge is -2.26. The number of phenolic OH excluding ortho intramolecular Hbond substituents is 3. The lowest BCUT2D eigenvalue weighted by Crippen LogP contribution is -2.22. The van der Waals surface area contributed by atoms with E-state index in [0.29, 0.717) is 22.4 Å². The van der Waals surface area contributed by atoms with Crippen molar-refractivity contribution in [1.29, 1.82) is 0 Å². The molecule has 182 valence electrons.